The van der Waals surface area contributed by atoms with Crippen LogP contribution in [0.3, 0.4) is 0 Å². The highest BCUT2D eigenvalue weighted by atomic mass is 15.4. The molecule has 0 aliphatic carbocycles. The van der Waals surface area contributed by atoms with E-state index in [1.807, 2.05) is 5.01 Å². The minimum atomic E-state index is 0.501. The molecule has 0 aromatic carbocycles. The summed E-state index contributed by atoms with van der Waals surface area (Å²) in [6.07, 6.45) is 2.27. The first-order chi connectivity index (χ1) is 5.68. The van der Waals surface area contributed by atoms with E-state index < -0.39 is 0 Å². The Morgan fingerprint density at radius 2 is 1.92 bits per heavy atom. The predicted octanol–water partition coefficient (Wildman–Crippen LogP) is 1.23. The van der Waals surface area contributed by atoms with Crippen LogP contribution in [0.25, 0.3) is 0 Å². The average molecular weight is 166 g/mol. The molecule has 2 heteroatoms. The standard InChI is InChI=1S/C10H18N2/c1-9(2)3-4-10-5-7-12(11)8-6-10/h9-10H,5-8,11H2,1-2H3. The lowest BCUT2D eigenvalue weighted by Gasteiger charge is -2.25. The molecule has 0 amide bonds. The van der Waals surface area contributed by atoms with Crippen molar-refractivity contribution in [3.63, 3.8) is 0 Å². The minimum absolute atomic E-state index is 0.501. The maximum absolute atomic E-state index is 5.64. The van der Waals surface area contributed by atoms with Crippen molar-refractivity contribution < 1.29 is 0 Å². The molecule has 1 rings (SSSR count). The van der Waals surface area contributed by atoms with Gasteiger partial charge in [0.25, 0.3) is 0 Å². The number of rotatable bonds is 0. The van der Waals surface area contributed by atoms with Crippen molar-refractivity contribution in [2.75, 3.05) is 13.1 Å². The van der Waals surface area contributed by atoms with E-state index in [0.717, 1.165) is 25.9 Å². The van der Waals surface area contributed by atoms with Gasteiger partial charge < -0.3 is 0 Å². The molecule has 1 fully saturated rings. The predicted molar refractivity (Wildman–Crippen MR) is 51.1 cm³/mol. The average Bonchev–Trinajstić information content (AvgIpc) is 2.03. The van der Waals surface area contributed by atoms with Crippen LogP contribution in [0.5, 0.6) is 0 Å². The molecule has 0 spiro atoms. The van der Waals surface area contributed by atoms with Crippen LogP contribution in [-0.4, -0.2) is 18.1 Å². The van der Waals surface area contributed by atoms with Gasteiger partial charge >= 0.3 is 0 Å². The number of hydrogen-bond acceptors (Lipinski definition) is 2. The molecule has 1 saturated heterocycles. The van der Waals surface area contributed by atoms with Gasteiger partial charge in [-0.15, -0.1) is 5.92 Å². The van der Waals surface area contributed by atoms with Crippen molar-refractivity contribution in [1.82, 2.24) is 5.01 Å². The van der Waals surface area contributed by atoms with Crippen molar-refractivity contribution in [2.45, 2.75) is 26.7 Å². The fourth-order valence-electron chi connectivity index (χ4n) is 1.33. The Morgan fingerprint density at radius 1 is 1.33 bits per heavy atom. The summed E-state index contributed by atoms with van der Waals surface area (Å²) in [4.78, 5) is 0. The zero-order valence-electron chi connectivity index (χ0n) is 8.01. The first kappa shape index (κ1) is 9.57. The highest BCUT2D eigenvalue weighted by molar-refractivity contribution is 5.06. The monoisotopic (exact) mass is 166 g/mol. The van der Waals surface area contributed by atoms with Crippen LogP contribution in [0.4, 0.5) is 0 Å². The van der Waals surface area contributed by atoms with E-state index >= 15 is 0 Å². The van der Waals surface area contributed by atoms with E-state index in [9.17, 15) is 0 Å². The van der Waals surface area contributed by atoms with Crippen molar-refractivity contribution in [2.24, 2.45) is 17.7 Å². The molecule has 0 radical (unpaired) electrons. The molecule has 68 valence electrons. The Bertz CT molecular complexity index is 180. The number of piperidine rings is 1. The van der Waals surface area contributed by atoms with Gasteiger partial charge in [0, 0.05) is 24.9 Å². The highest BCUT2D eigenvalue weighted by Gasteiger charge is 2.14. The number of nitrogens with zero attached hydrogens (tertiary/aromatic N) is 1. The van der Waals surface area contributed by atoms with E-state index in [0.29, 0.717) is 11.8 Å². The van der Waals surface area contributed by atoms with Crippen LogP contribution < -0.4 is 5.84 Å². The third-order valence-corrected chi connectivity index (χ3v) is 2.11. The van der Waals surface area contributed by atoms with Crippen molar-refractivity contribution in [1.29, 1.82) is 0 Å². The first-order valence-electron chi connectivity index (χ1n) is 4.69. The molecule has 2 N–H and O–H groups in total. The smallest absolute Gasteiger partial charge is 0.0228 e. The van der Waals surface area contributed by atoms with Crippen LogP contribution >= 0.6 is 0 Å². The lowest BCUT2D eigenvalue weighted by Crippen LogP contribution is -2.38. The molecular weight excluding hydrogens is 148 g/mol. The van der Waals surface area contributed by atoms with Gasteiger partial charge in [0.05, 0.1) is 0 Å². The van der Waals surface area contributed by atoms with Crippen LogP contribution in [0, 0.1) is 23.7 Å². The van der Waals surface area contributed by atoms with Gasteiger partial charge in [-0.2, -0.15) is 0 Å². The van der Waals surface area contributed by atoms with Gasteiger partial charge in [0.1, 0.15) is 0 Å². The second-order valence-corrected chi connectivity index (χ2v) is 3.75. The van der Waals surface area contributed by atoms with Gasteiger partial charge in [0.2, 0.25) is 0 Å². The molecular formula is C10H18N2. The molecule has 0 aromatic heterocycles. The van der Waals surface area contributed by atoms with Gasteiger partial charge in [-0.1, -0.05) is 19.8 Å². The molecule has 0 unspecified atom stereocenters. The molecule has 12 heavy (non-hydrogen) atoms. The molecule has 0 saturated carbocycles. The largest absolute Gasteiger partial charge is 0.269 e. The lowest BCUT2D eigenvalue weighted by atomic mass is 9.98. The SMILES string of the molecule is CC(C)C#CC1CCN(N)CC1. The summed E-state index contributed by atoms with van der Waals surface area (Å²) in [7, 11) is 0. The van der Waals surface area contributed by atoms with E-state index in [4.69, 9.17) is 5.84 Å². The molecule has 1 heterocycles. The van der Waals surface area contributed by atoms with Crippen LogP contribution in [-0.2, 0) is 0 Å². The fraction of sp³-hybridized carbons (Fsp3) is 0.800. The Balaban J connectivity index is 2.32. The maximum atomic E-state index is 5.64. The van der Waals surface area contributed by atoms with E-state index in [1.54, 1.807) is 0 Å². The summed E-state index contributed by atoms with van der Waals surface area (Å²) in [6, 6.07) is 0. The van der Waals surface area contributed by atoms with Crippen LogP contribution in [0.2, 0.25) is 0 Å². The Labute approximate surface area is 75.1 Å². The maximum Gasteiger partial charge on any atom is 0.0228 e. The second kappa shape index (κ2) is 4.49. The Morgan fingerprint density at radius 3 is 2.42 bits per heavy atom. The normalized spacial score (nSPS) is 20.7. The van der Waals surface area contributed by atoms with Crippen molar-refractivity contribution in [3.8, 4) is 11.8 Å². The molecule has 2 nitrogen and oxygen atoms in total. The molecule has 0 bridgehead atoms. The topological polar surface area (TPSA) is 29.3 Å². The molecule has 1 aliphatic heterocycles. The van der Waals surface area contributed by atoms with Gasteiger partial charge in [-0.05, 0) is 12.8 Å². The van der Waals surface area contributed by atoms with E-state index in [-0.39, 0.29) is 0 Å². The van der Waals surface area contributed by atoms with Gasteiger partial charge in [0.15, 0.2) is 0 Å². The van der Waals surface area contributed by atoms with Crippen LogP contribution in [0.15, 0.2) is 0 Å². The second-order valence-electron chi connectivity index (χ2n) is 3.75. The number of hydrazine groups is 1. The van der Waals surface area contributed by atoms with Crippen molar-refractivity contribution >= 4 is 0 Å². The quantitative estimate of drug-likeness (QED) is 0.433. The molecule has 0 aromatic rings. The summed E-state index contributed by atoms with van der Waals surface area (Å²) >= 11 is 0. The summed E-state index contributed by atoms with van der Waals surface area (Å²) in [5.74, 6) is 13.3. The lowest BCUT2D eigenvalue weighted by molar-refractivity contribution is 0.211. The van der Waals surface area contributed by atoms with E-state index in [2.05, 4.69) is 25.7 Å². The molecule has 0 atom stereocenters. The summed E-state index contributed by atoms with van der Waals surface area (Å²) in [5, 5.41) is 1.88. The third kappa shape index (κ3) is 3.25. The van der Waals surface area contributed by atoms with Gasteiger partial charge in [-0.3, -0.25) is 5.84 Å². The first-order valence-corrected chi connectivity index (χ1v) is 4.69. The Hall–Kier alpha value is -0.520. The third-order valence-electron chi connectivity index (χ3n) is 2.11. The Kier molecular flexibility index (Phi) is 3.58. The molecule has 1 aliphatic rings. The minimum Gasteiger partial charge on any atom is -0.269 e. The summed E-state index contributed by atoms with van der Waals surface area (Å²) in [6.45, 7) is 6.25. The number of nitrogens with two attached hydrogens (primary N) is 1. The number of hydrogen-bond donors (Lipinski definition) is 1. The zero-order valence-corrected chi connectivity index (χ0v) is 8.01. The van der Waals surface area contributed by atoms with Gasteiger partial charge in [-0.25, -0.2) is 5.01 Å². The van der Waals surface area contributed by atoms with E-state index in [1.165, 1.54) is 0 Å². The zero-order chi connectivity index (χ0) is 8.97. The summed E-state index contributed by atoms with van der Waals surface area (Å²) in [5.41, 5.74) is 0. The fourth-order valence-corrected chi connectivity index (χ4v) is 1.33. The summed E-state index contributed by atoms with van der Waals surface area (Å²) < 4.78 is 0. The van der Waals surface area contributed by atoms with Crippen molar-refractivity contribution in [3.05, 3.63) is 0 Å². The van der Waals surface area contributed by atoms with Crippen LogP contribution in [0.1, 0.15) is 26.7 Å². The highest BCUT2D eigenvalue weighted by Crippen LogP contribution is 2.13.